The number of hydrogen-bond acceptors (Lipinski definition) is 4. The van der Waals surface area contributed by atoms with E-state index in [1.165, 1.54) is 11.8 Å². The van der Waals surface area contributed by atoms with E-state index in [1.807, 2.05) is 24.3 Å². The van der Waals surface area contributed by atoms with Gasteiger partial charge >= 0.3 is 5.97 Å². The third-order valence-corrected chi connectivity index (χ3v) is 4.22. The number of carboxylic acid groups (broad SMARTS) is 1. The van der Waals surface area contributed by atoms with Gasteiger partial charge in [0.15, 0.2) is 0 Å². The largest absolute Gasteiger partial charge is 0.480 e. The fourth-order valence-corrected chi connectivity index (χ4v) is 2.78. The molecule has 7 heteroatoms. The van der Waals surface area contributed by atoms with E-state index in [0.29, 0.717) is 12.3 Å². The zero-order valence-electron chi connectivity index (χ0n) is 12.0. The molecular weight excluding hydrogens is 302 g/mol. The van der Waals surface area contributed by atoms with Crippen LogP contribution in [0.25, 0.3) is 10.9 Å². The average Bonchev–Trinajstić information content (AvgIpc) is 2.90. The predicted octanol–water partition coefficient (Wildman–Crippen LogP) is 0.972. The summed E-state index contributed by atoms with van der Waals surface area (Å²) in [5.74, 6) is -0.434. The highest BCUT2D eigenvalue weighted by atomic mass is 32.2. The van der Waals surface area contributed by atoms with Crippen molar-refractivity contribution in [1.82, 2.24) is 10.3 Å². The first-order chi connectivity index (χ1) is 10.6. The molecule has 22 heavy (non-hydrogen) atoms. The highest BCUT2D eigenvalue weighted by Crippen LogP contribution is 2.19. The van der Waals surface area contributed by atoms with Crippen molar-refractivity contribution in [3.8, 4) is 0 Å². The molecule has 0 aliphatic carbocycles. The Bertz CT molecular complexity index is 656. The molecule has 0 fully saturated rings. The average molecular weight is 321 g/mol. The van der Waals surface area contributed by atoms with Gasteiger partial charge in [0.25, 0.3) is 0 Å². The zero-order chi connectivity index (χ0) is 15.9. The first-order valence-corrected chi connectivity index (χ1v) is 8.12. The third-order valence-electron chi connectivity index (χ3n) is 3.23. The lowest BCUT2D eigenvalue weighted by Crippen LogP contribution is -2.43. The van der Waals surface area contributed by atoms with Gasteiger partial charge in [-0.3, -0.25) is 4.79 Å². The number of nitrogens with two attached hydrogens (primary N) is 1. The van der Waals surface area contributed by atoms with Gasteiger partial charge < -0.3 is 21.1 Å². The summed E-state index contributed by atoms with van der Waals surface area (Å²) in [7, 11) is 0. The van der Waals surface area contributed by atoms with E-state index in [2.05, 4.69) is 10.3 Å². The fourth-order valence-electron chi connectivity index (χ4n) is 2.20. The van der Waals surface area contributed by atoms with Gasteiger partial charge in [-0.05, 0) is 11.6 Å². The van der Waals surface area contributed by atoms with Crippen LogP contribution in [0.1, 0.15) is 5.56 Å². The van der Waals surface area contributed by atoms with Crippen molar-refractivity contribution in [1.29, 1.82) is 0 Å². The standard InChI is InChI=1S/C15H19N3O3S/c16-5-6-22-9-14(19)18-13(15(20)21)7-10-8-17-12-4-2-1-3-11(10)12/h1-4,8,13,17H,5-7,9,16H2,(H,18,19)(H,20,21). The maximum absolute atomic E-state index is 11.8. The summed E-state index contributed by atoms with van der Waals surface area (Å²) in [5, 5.41) is 12.8. The Balaban J connectivity index is 2.03. The molecule has 2 aromatic rings. The van der Waals surface area contributed by atoms with E-state index in [-0.39, 0.29) is 18.1 Å². The number of para-hydroxylation sites is 1. The van der Waals surface area contributed by atoms with Crippen LogP contribution in [0.3, 0.4) is 0 Å². The molecule has 0 spiro atoms. The molecule has 0 saturated carbocycles. The monoisotopic (exact) mass is 321 g/mol. The van der Waals surface area contributed by atoms with Crippen molar-refractivity contribution in [3.63, 3.8) is 0 Å². The fraction of sp³-hybridized carbons (Fsp3) is 0.333. The summed E-state index contributed by atoms with van der Waals surface area (Å²) in [4.78, 5) is 26.3. The predicted molar refractivity (Wildman–Crippen MR) is 87.9 cm³/mol. The van der Waals surface area contributed by atoms with Gasteiger partial charge in [0.2, 0.25) is 5.91 Å². The van der Waals surface area contributed by atoms with Gasteiger partial charge in [-0.15, -0.1) is 0 Å². The molecule has 1 aromatic carbocycles. The number of aliphatic carboxylic acids is 1. The molecule has 5 N–H and O–H groups in total. The third kappa shape index (κ3) is 4.25. The maximum atomic E-state index is 11.8. The molecule has 1 aromatic heterocycles. The van der Waals surface area contributed by atoms with E-state index < -0.39 is 12.0 Å². The van der Waals surface area contributed by atoms with Gasteiger partial charge in [0.1, 0.15) is 6.04 Å². The number of carboxylic acids is 1. The molecule has 0 bridgehead atoms. The molecule has 1 unspecified atom stereocenters. The van der Waals surface area contributed by atoms with Crippen LogP contribution >= 0.6 is 11.8 Å². The Morgan fingerprint density at radius 1 is 1.36 bits per heavy atom. The molecule has 0 radical (unpaired) electrons. The number of carbonyl (C=O) groups is 2. The second-order valence-electron chi connectivity index (χ2n) is 4.86. The molecular formula is C15H19N3O3S. The normalized spacial score (nSPS) is 12.2. The summed E-state index contributed by atoms with van der Waals surface area (Å²) >= 11 is 1.39. The van der Waals surface area contributed by atoms with Crippen LogP contribution in [-0.2, 0) is 16.0 Å². The zero-order valence-corrected chi connectivity index (χ0v) is 12.9. The van der Waals surface area contributed by atoms with Gasteiger partial charge in [0, 0.05) is 35.8 Å². The van der Waals surface area contributed by atoms with Crippen molar-refractivity contribution >= 4 is 34.5 Å². The van der Waals surface area contributed by atoms with Crippen molar-refractivity contribution < 1.29 is 14.7 Å². The van der Waals surface area contributed by atoms with Crippen LogP contribution in [0.5, 0.6) is 0 Å². The summed E-state index contributed by atoms with van der Waals surface area (Å²) in [5.41, 5.74) is 7.18. The minimum absolute atomic E-state index is 0.217. The van der Waals surface area contributed by atoms with Crippen molar-refractivity contribution in [2.24, 2.45) is 5.73 Å². The van der Waals surface area contributed by atoms with Crippen LogP contribution in [-0.4, -0.2) is 46.1 Å². The lowest BCUT2D eigenvalue weighted by atomic mass is 10.1. The number of aromatic amines is 1. The van der Waals surface area contributed by atoms with Gasteiger partial charge in [-0.1, -0.05) is 18.2 Å². The van der Waals surface area contributed by atoms with Crippen LogP contribution < -0.4 is 11.1 Å². The number of hydrogen-bond donors (Lipinski definition) is 4. The molecule has 2 rings (SSSR count). The van der Waals surface area contributed by atoms with Crippen molar-refractivity contribution in [2.75, 3.05) is 18.1 Å². The molecule has 0 saturated heterocycles. The molecule has 1 atom stereocenters. The number of thioether (sulfide) groups is 1. The molecule has 1 amide bonds. The van der Waals surface area contributed by atoms with Crippen molar-refractivity contribution in [2.45, 2.75) is 12.5 Å². The first kappa shape index (κ1) is 16.4. The van der Waals surface area contributed by atoms with Crippen LogP contribution in [0, 0.1) is 0 Å². The van der Waals surface area contributed by atoms with Gasteiger partial charge in [0.05, 0.1) is 5.75 Å². The Labute approximate surface area is 132 Å². The SMILES string of the molecule is NCCSCC(=O)NC(Cc1c[nH]c2ccccc12)C(=O)O. The number of rotatable bonds is 8. The Morgan fingerprint density at radius 2 is 2.14 bits per heavy atom. The van der Waals surface area contributed by atoms with Crippen molar-refractivity contribution in [3.05, 3.63) is 36.0 Å². The molecule has 1 heterocycles. The second kappa shape index (κ2) is 7.86. The van der Waals surface area contributed by atoms with Gasteiger partial charge in [-0.2, -0.15) is 11.8 Å². The minimum atomic E-state index is -1.04. The topological polar surface area (TPSA) is 108 Å². The number of benzene rings is 1. The smallest absolute Gasteiger partial charge is 0.326 e. The van der Waals surface area contributed by atoms with Crippen LogP contribution in [0.4, 0.5) is 0 Å². The number of carbonyl (C=O) groups excluding carboxylic acids is 1. The minimum Gasteiger partial charge on any atom is -0.480 e. The van der Waals surface area contributed by atoms with Gasteiger partial charge in [-0.25, -0.2) is 4.79 Å². The van der Waals surface area contributed by atoms with E-state index >= 15 is 0 Å². The Hall–Kier alpha value is -1.99. The summed E-state index contributed by atoms with van der Waals surface area (Å²) in [6.07, 6.45) is 2.03. The van der Waals surface area contributed by atoms with Crippen LogP contribution in [0.15, 0.2) is 30.5 Å². The summed E-state index contributed by atoms with van der Waals surface area (Å²) in [6.45, 7) is 0.496. The molecule has 0 aliphatic heterocycles. The molecule has 6 nitrogen and oxygen atoms in total. The highest BCUT2D eigenvalue weighted by Gasteiger charge is 2.21. The summed E-state index contributed by atoms with van der Waals surface area (Å²) < 4.78 is 0. The number of amides is 1. The van der Waals surface area contributed by atoms with E-state index in [0.717, 1.165) is 16.5 Å². The first-order valence-electron chi connectivity index (χ1n) is 6.96. The molecule has 0 aliphatic rings. The van der Waals surface area contributed by atoms with E-state index in [1.54, 1.807) is 6.20 Å². The second-order valence-corrected chi connectivity index (χ2v) is 5.97. The van der Waals surface area contributed by atoms with E-state index in [4.69, 9.17) is 5.73 Å². The lowest BCUT2D eigenvalue weighted by molar-refractivity contribution is -0.141. The number of H-pyrrole nitrogens is 1. The highest BCUT2D eigenvalue weighted by molar-refractivity contribution is 7.99. The summed E-state index contributed by atoms with van der Waals surface area (Å²) in [6, 6.07) is 6.73. The quantitative estimate of drug-likeness (QED) is 0.542. The Kier molecular flexibility index (Phi) is 5.85. The Morgan fingerprint density at radius 3 is 2.86 bits per heavy atom. The number of nitrogens with one attached hydrogen (secondary N) is 2. The van der Waals surface area contributed by atoms with E-state index in [9.17, 15) is 14.7 Å². The lowest BCUT2D eigenvalue weighted by Gasteiger charge is -2.14. The molecule has 118 valence electrons. The number of aromatic nitrogens is 1. The number of fused-ring (bicyclic) bond motifs is 1. The maximum Gasteiger partial charge on any atom is 0.326 e. The van der Waals surface area contributed by atoms with Crippen LogP contribution in [0.2, 0.25) is 0 Å².